The summed E-state index contributed by atoms with van der Waals surface area (Å²) < 4.78 is 15.3. The first-order chi connectivity index (χ1) is 9.15. The van der Waals surface area contributed by atoms with E-state index >= 15 is 0 Å². The third kappa shape index (κ3) is 2.14. The van der Waals surface area contributed by atoms with Crippen LogP contribution >= 0.6 is 0 Å². The van der Waals surface area contributed by atoms with E-state index in [2.05, 4.69) is 4.57 Å². The second kappa shape index (κ2) is 4.53. The number of benzene rings is 1. The molecule has 1 aliphatic heterocycles. The van der Waals surface area contributed by atoms with Crippen LogP contribution in [-0.2, 0) is 20.0 Å². The molecule has 3 nitrogen and oxygen atoms in total. The molecular weight excluding hydrogens is 243 g/mol. The van der Waals surface area contributed by atoms with E-state index in [1.165, 1.54) is 23.4 Å². The Labute approximate surface area is 111 Å². The molecule has 0 saturated carbocycles. The van der Waals surface area contributed by atoms with Crippen molar-refractivity contribution in [3.8, 4) is 0 Å². The second-order valence-electron chi connectivity index (χ2n) is 4.89. The van der Waals surface area contributed by atoms with Crippen molar-refractivity contribution in [3.05, 3.63) is 59.2 Å². The fourth-order valence-corrected chi connectivity index (χ4v) is 2.60. The fourth-order valence-electron chi connectivity index (χ4n) is 2.60. The molecular formula is C15H15FN2O. The van der Waals surface area contributed by atoms with E-state index in [0.29, 0.717) is 18.7 Å². The average Bonchev–Trinajstić information content (AvgIpc) is 2.79. The van der Waals surface area contributed by atoms with E-state index in [1.54, 1.807) is 17.0 Å². The lowest BCUT2D eigenvalue weighted by atomic mass is 10.1. The number of carbonyl (C=O) groups excluding carboxylic acids is 1. The zero-order chi connectivity index (χ0) is 13.4. The molecule has 3 rings (SSSR count). The van der Waals surface area contributed by atoms with Gasteiger partial charge in [-0.2, -0.15) is 0 Å². The summed E-state index contributed by atoms with van der Waals surface area (Å²) >= 11 is 0. The lowest BCUT2D eigenvalue weighted by molar-refractivity contribution is 0.0733. The first kappa shape index (κ1) is 12.0. The molecule has 0 fully saturated rings. The predicted octanol–water partition coefficient (Wildman–Crippen LogP) is 2.36. The van der Waals surface area contributed by atoms with Crippen molar-refractivity contribution in [3.63, 3.8) is 0 Å². The van der Waals surface area contributed by atoms with Gasteiger partial charge in [-0.25, -0.2) is 4.39 Å². The van der Waals surface area contributed by atoms with Gasteiger partial charge in [0, 0.05) is 44.0 Å². The SMILES string of the molecule is Cn1ccc2c1CCN(C(=O)c1cccc(F)c1)C2. The van der Waals surface area contributed by atoms with E-state index in [-0.39, 0.29) is 11.7 Å². The Morgan fingerprint density at radius 3 is 2.95 bits per heavy atom. The van der Waals surface area contributed by atoms with E-state index in [0.717, 1.165) is 6.42 Å². The molecule has 98 valence electrons. The van der Waals surface area contributed by atoms with Gasteiger partial charge < -0.3 is 9.47 Å². The lowest BCUT2D eigenvalue weighted by Gasteiger charge is -2.27. The smallest absolute Gasteiger partial charge is 0.254 e. The molecule has 2 heterocycles. The molecule has 2 aromatic rings. The van der Waals surface area contributed by atoms with Gasteiger partial charge in [-0.3, -0.25) is 4.79 Å². The number of hydrogen-bond acceptors (Lipinski definition) is 1. The molecule has 0 N–H and O–H groups in total. The minimum Gasteiger partial charge on any atom is -0.354 e. The Morgan fingerprint density at radius 1 is 1.32 bits per heavy atom. The summed E-state index contributed by atoms with van der Waals surface area (Å²) in [4.78, 5) is 14.1. The molecule has 0 saturated heterocycles. The molecule has 4 heteroatoms. The van der Waals surface area contributed by atoms with Crippen LogP contribution < -0.4 is 0 Å². The van der Waals surface area contributed by atoms with Crippen molar-refractivity contribution in [2.75, 3.05) is 6.54 Å². The highest BCUT2D eigenvalue weighted by Crippen LogP contribution is 2.21. The van der Waals surface area contributed by atoms with E-state index in [1.807, 2.05) is 19.3 Å². The van der Waals surface area contributed by atoms with Crippen LogP contribution in [0, 0.1) is 5.82 Å². The van der Waals surface area contributed by atoms with Crippen molar-refractivity contribution < 1.29 is 9.18 Å². The lowest BCUT2D eigenvalue weighted by Crippen LogP contribution is -2.36. The highest BCUT2D eigenvalue weighted by molar-refractivity contribution is 5.94. The van der Waals surface area contributed by atoms with E-state index in [4.69, 9.17) is 0 Å². The molecule has 0 unspecified atom stereocenters. The number of hydrogen-bond donors (Lipinski definition) is 0. The minimum absolute atomic E-state index is 0.103. The second-order valence-corrected chi connectivity index (χ2v) is 4.89. The fraction of sp³-hybridized carbons (Fsp3) is 0.267. The Balaban J connectivity index is 1.83. The van der Waals surface area contributed by atoms with Crippen LogP contribution in [0.4, 0.5) is 4.39 Å². The van der Waals surface area contributed by atoms with Gasteiger partial charge >= 0.3 is 0 Å². The Kier molecular flexibility index (Phi) is 2.85. The zero-order valence-corrected chi connectivity index (χ0v) is 10.8. The third-order valence-electron chi connectivity index (χ3n) is 3.63. The maximum Gasteiger partial charge on any atom is 0.254 e. The van der Waals surface area contributed by atoms with Gasteiger partial charge in [-0.05, 0) is 29.8 Å². The number of rotatable bonds is 1. The molecule has 1 aromatic carbocycles. The van der Waals surface area contributed by atoms with Gasteiger partial charge in [0.15, 0.2) is 0 Å². The number of amides is 1. The Morgan fingerprint density at radius 2 is 2.16 bits per heavy atom. The van der Waals surface area contributed by atoms with Crippen molar-refractivity contribution in [2.24, 2.45) is 7.05 Å². The Bertz CT molecular complexity index is 633. The first-order valence-corrected chi connectivity index (χ1v) is 6.33. The van der Waals surface area contributed by atoms with Gasteiger partial charge in [-0.15, -0.1) is 0 Å². The van der Waals surface area contributed by atoms with Crippen LogP contribution in [0.1, 0.15) is 21.6 Å². The predicted molar refractivity (Wildman–Crippen MR) is 70.3 cm³/mol. The van der Waals surface area contributed by atoms with Crippen LogP contribution in [0.3, 0.4) is 0 Å². The van der Waals surface area contributed by atoms with Crippen LogP contribution in [0.2, 0.25) is 0 Å². The maximum absolute atomic E-state index is 13.2. The molecule has 19 heavy (non-hydrogen) atoms. The van der Waals surface area contributed by atoms with E-state index < -0.39 is 0 Å². The number of carbonyl (C=O) groups is 1. The van der Waals surface area contributed by atoms with Gasteiger partial charge in [0.2, 0.25) is 0 Å². The maximum atomic E-state index is 13.2. The first-order valence-electron chi connectivity index (χ1n) is 6.33. The van der Waals surface area contributed by atoms with Crippen molar-refractivity contribution in [1.82, 2.24) is 9.47 Å². The molecule has 1 amide bonds. The minimum atomic E-state index is -0.372. The molecule has 0 spiro atoms. The summed E-state index contributed by atoms with van der Waals surface area (Å²) in [5, 5.41) is 0. The number of aromatic nitrogens is 1. The summed E-state index contributed by atoms with van der Waals surface area (Å²) in [6, 6.07) is 7.91. The molecule has 1 aliphatic rings. The monoisotopic (exact) mass is 258 g/mol. The van der Waals surface area contributed by atoms with Gasteiger partial charge in [-0.1, -0.05) is 6.07 Å². The van der Waals surface area contributed by atoms with Crippen LogP contribution in [0.5, 0.6) is 0 Å². The van der Waals surface area contributed by atoms with Gasteiger partial charge in [0.05, 0.1) is 0 Å². The Hall–Kier alpha value is -2.10. The normalized spacial score (nSPS) is 14.3. The molecule has 0 aliphatic carbocycles. The summed E-state index contributed by atoms with van der Waals surface area (Å²) in [5.74, 6) is -0.475. The topological polar surface area (TPSA) is 25.2 Å². The van der Waals surface area contributed by atoms with Crippen molar-refractivity contribution in [1.29, 1.82) is 0 Å². The zero-order valence-electron chi connectivity index (χ0n) is 10.8. The highest BCUT2D eigenvalue weighted by Gasteiger charge is 2.23. The molecule has 0 radical (unpaired) electrons. The number of halogens is 1. The number of nitrogens with zero attached hydrogens (tertiary/aromatic N) is 2. The summed E-state index contributed by atoms with van der Waals surface area (Å²) in [5.41, 5.74) is 2.88. The van der Waals surface area contributed by atoms with Gasteiger partial charge in [0.1, 0.15) is 5.82 Å². The molecule has 1 aromatic heterocycles. The van der Waals surface area contributed by atoms with Gasteiger partial charge in [0.25, 0.3) is 5.91 Å². The quantitative estimate of drug-likeness (QED) is 0.771. The van der Waals surface area contributed by atoms with Crippen LogP contribution in [0.15, 0.2) is 36.5 Å². The molecule has 0 atom stereocenters. The van der Waals surface area contributed by atoms with Crippen molar-refractivity contribution >= 4 is 5.91 Å². The third-order valence-corrected chi connectivity index (χ3v) is 3.63. The summed E-state index contributed by atoms with van der Waals surface area (Å²) in [6.07, 6.45) is 2.86. The summed E-state index contributed by atoms with van der Waals surface area (Å²) in [6.45, 7) is 1.28. The number of fused-ring (bicyclic) bond motifs is 1. The van der Waals surface area contributed by atoms with Crippen LogP contribution in [0.25, 0.3) is 0 Å². The average molecular weight is 258 g/mol. The van der Waals surface area contributed by atoms with Crippen LogP contribution in [-0.4, -0.2) is 21.9 Å². The molecule has 0 bridgehead atoms. The highest BCUT2D eigenvalue weighted by atomic mass is 19.1. The van der Waals surface area contributed by atoms with E-state index in [9.17, 15) is 9.18 Å². The standard InChI is InChI=1S/C15H15FN2O/c1-17-7-5-12-10-18(8-6-14(12)17)15(19)11-3-2-4-13(16)9-11/h2-5,7,9H,6,8,10H2,1H3. The summed E-state index contributed by atoms with van der Waals surface area (Å²) in [7, 11) is 2.02. The number of aryl methyl sites for hydroxylation is 1. The largest absolute Gasteiger partial charge is 0.354 e. The van der Waals surface area contributed by atoms with Crippen molar-refractivity contribution in [2.45, 2.75) is 13.0 Å².